The molecule has 0 spiro atoms. The van der Waals surface area contributed by atoms with Gasteiger partial charge in [0.1, 0.15) is 0 Å². The smallest absolute Gasteiger partial charge is 0.412 e. The van der Waals surface area contributed by atoms with Crippen LogP contribution < -0.4 is 73.8 Å². The molecule has 0 aliphatic carbocycles. The summed E-state index contributed by atoms with van der Waals surface area (Å²) in [5, 5.41) is 86.0. The quantitative estimate of drug-likeness (QED) is 0.131. The van der Waals surface area contributed by atoms with Crippen molar-refractivity contribution in [1.82, 2.24) is 73.8 Å². The van der Waals surface area contributed by atoms with Gasteiger partial charge in [-0.2, -0.15) is 0 Å². The maximum Gasteiger partial charge on any atom is 0.631 e. The Morgan fingerprint density at radius 2 is 0.188 bits per heavy atom. The van der Waals surface area contributed by atoms with E-state index in [9.17, 15) is 0 Å². The molecule has 0 aromatic carbocycles. The van der Waals surface area contributed by atoms with Gasteiger partial charge in [-0.1, -0.05) is 0 Å². The standard InChI is InChI=1S/4BH3O3.12H3N.4H2O/c4*2-1(3)4;;;;;;;;;;;;;;;;/h4*2-4H;12*1H3;4*1H2. The Balaban J connectivity index is -0.00000000286. The van der Waals surface area contributed by atoms with Crippen LogP contribution in [0.25, 0.3) is 0 Å². The Labute approximate surface area is 186 Å². The summed E-state index contributed by atoms with van der Waals surface area (Å²) in [7, 11) is -8.67. The average Bonchev–Trinajstić information content (AvgIpc) is 1.76. The molecule has 0 aromatic rings. The van der Waals surface area contributed by atoms with Crippen molar-refractivity contribution in [3.05, 3.63) is 0 Å². The summed E-state index contributed by atoms with van der Waals surface area (Å²) in [4.78, 5) is 0. The summed E-state index contributed by atoms with van der Waals surface area (Å²) in [6, 6.07) is 0. The van der Waals surface area contributed by atoms with Crippen molar-refractivity contribution in [1.29, 1.82) is 0 Å². The number of hydrogen-bond acceptors (Lipinski definition) is 24. The van der Waals surface area contributed by atoms with Crippen molar-refractivity contribution in [2.45, 2.75) is 0 Å². The molecule has 0 atom stereocenters. The Hall–Kier alpha value is -0.860. The van der Waals surface area contributed by atoms with Gasteiger partial charge in [0.15, 0.2) is 0 Å². The van der Waals surface area contributed by atoms with Gasteiger partial charge in [0, 0.05) is 0 Å². The van der Waals surface area contributed by atoms with E-state index in [1.54, 1.807) is 0 Å². The van der Waals surface area contributed by atoms with E-state index in [-0.39, 0.29) is 95.7 Å². The number of hydrogen-bond donors (Lipinski definition) is 24. The molecule has 0 unspecified atom stereocenters. The highest BCUT2D eigenvalue weighted by Crippen LogP contribution is 1.41. The van der Waals surface area contributed by atoms with Gasteiger partial charge in [-0.15, -0.1) is 0 Å². The van der Waals surface area contributed by atoms with Crippen LogP contribution in [0.2, 0.25) is 0 Å². The van der Waals surface area contributed by atoms with Gasteiger partial charge >= 0.3 is 29.3 Å². The Morgan fingerprint density at radius 3 is 0.188 bits per heavy atom. The van der Waals surface area contributed by atoms with Crippen LogP contribution in [0.15, 0.2) is 0 Å². The predicted molar refractivity (Wildman–Crippen MR) is 124 cm³/mol. The van der Waals surface area contributed by atoms with E-state index in [2.05, 4.69) is 0 Å². The summed E-state index contributed by atoms with van der Waals surface area (Å²) < 4.78 is 0. The van der Waals surface area contributed by atoms with E-state index in [0.717, 1.165) is 0 Å². The lowest BCUT2D eigenvalue weighted by molar-refractivity contribution is 0.276. The summed E-state index contributed by atoms with van der Waals surface area (Å²) in [6.45, 7) is 0. The van der Waals surface area contributed by atoms with Crippen molar-refractivity contribution in [3.63, 3.8) is 0 Å². The summed E-state index contributed by atoms with van der Waals surface area (Å²) in [5.74, 6) is 0. The van der Waals surface area contributed by atoms with E-state index in [1.165, 1.54) is 0 Å². The zero-order valence-electron chi connectivity index (χ0n) is 18.2. The van der Waals surface area contributed by atoms with E-state index >= 15 is 0 Å². The molecule has 0 amide bonds. The normalized spacial score (nSPS) is 3.38. The third kappa shape index (κ3) is 31200. The molecule has 56 N–H and O–H groups in total. The van der Waals surface area contributed by atoms with Crippen LogP contribution in [0.4, 0.5) is 0 Å². The van der Waals surface area contributed by atoms with Crippen LogP contribution in [0.1, 0.15) is 0 Å². The Morgan fingerprint density at radius 1 is 0.188 bits per heavy atom. The van der Waals surface area contributed by atoms with Crippen molar-refractivity contribution in [3.8, 4) is 0 Å². The van der Waals surface area contributed by atoms with Crippen molar-refractivity contribution in [2.24, 2.45) is 0 Å². The first-order valence-corrected chi connectivity index (χ1v) is 3.10. The molecule has 0 aromatic heterocycles. The molecule has 0 aliphatic rings. The Kier molecular flexibility index (Phi) is 1470. The van der Waals surface area contributed by atoms with Crippen molar-refractivity contribution >= 4 is 29.3 Å². The van der Waals surface area contributed by atoms with E-state index in [0.29, 0.717) is 0 Å². The predicted octanol–water partition coefficient (Wildman–Crippen LogP) is -9.56. The summed E-state index contributed by atoms with van der Waals surface area (Å²) in [5.41, 5.74) is 0. The first-order valence-electron chi connectivity index (χ1n) is 3.10. The third-order valence-corrected chi connectivity index (χ3v) is 0. The monoisotopic (exact) mass is 524 g/mol. The molecule has 0 fully saturated rings. The molecule has 0 saturated heterocycles. The van der Waals surface area contributed by atoms with Crippen molar-refractivity contribution in [2.75, 3.05) is 0 Å². The van der Waals surface area contributed by atoms with Gasteiger partial charge in [-0.05, 0) is 0 Å². The molecular formula is H56B4N12O16. The molecule has 224 valence electrons. The van der Waals surface area contributed by atoms with Gasteiger partial charge < -0.3 is 156 Å². The fourth-order valence-electron chi connectivity index (χ4n) is 0. The van der Waals surface area contributed by atoms with E-state index in [1.807, 2.05) is 0 Å². The second-order valence-corrected chi connectivity index (χ2v) is 1.39. The maximum atomic E-state index is 7.17. The fraction of sp³-hybridized carbons (Fsp3) is 0. The topological polar surface area (TPSA) is 789 Å². The average molecular weight is 524 g/mol. The van der Waals surface area contributed by atoms with Crippen molar-refractivity contribution < 1.29 is 82.2 Å². The molecule has 32 heavy (non-hydrogen) atoms. The second kappa shape index (κ2) is 206. The lowest BCUT2D eigenvalue weighted by Gasteiger charge is -1.69. The molecule has 0 radical (unpaired) electrons. The second-order valence-electron chi connectivity index (χ2n) is 1.39. The van der Waals surface area contributed by atoms with E-state index in [4.69, 9.17) is 60.3 Å². The lowest BCUT2D eigenvalue weighted by Crippen LogP contribution is -2.07. The minimum atomic E-state index is -2.17. The molecule has 0 rings (SSSR count). The van der Waals surface area contributed by atoms with Crippen LogP contribution >= 0.6 is 0 Å². The van der Waals surface area contributed by atoms with Crippen LogP contribution in [-0.2, 0) is 0 Å². The molecule has 0 heterocycles. The largest absolute Gasteiger partial charge is 0.631 e. The van der Waals surface area contributed by atoms with Crippen LogP contribution in [0.5, 0.6) is 0 Å². The van der Waals surface area contributed by atoms with Gasteiger partial charge in [-0.25, -0.2) is 0 Å². The molecule has 32 heteroatoms. The van der Waals surface area contributed by atoms with Crippen LogP contribution in [0.3, 0.4) is 0 Å². The fourth-order valence-corrected chi connectivity index (χ4v) is 0. The van der Waals surface area contributed by atoms with Crippen LogP contribution in [0, 0.1) is 0 Å². The van der Waals surface area contributed by atoms with Crippen LogP contribution in [-0.4, -0.2) is 111 Å². The summed E-state index contributed by atoms with van der Waals surface area (Å²) in [6.07, 6.45) is 0. The SMILES string of the molecule is N.N.N.N.N.N.N.N.N.N.N.N.O.O.O.O.OB(O)O.OB(O)O.OB(O)O.OB(O)O. The molecule has 0 aliphatic heterocycles. The van der Waals surface area contributed by atoms with E-state index < -0.39 is 29.3 Å². The molecule has 28 nitrogen and oxygen atoms in total. The summed E-state index contributed by atoms with van der Waals surface area (Å²) >= 11 is 0. The number of rotatable bonds is 0. The first kappa shape index (κ1) is 228. The van der Waals surface area contributed by atoms with Gasteiger partial charge in [-0.3, -0.25) is 0 Å². The van der Waals surface area contributed by atoms with Gasteiger partial charge in [0.2, 0.25) is 0 Å². The lowest BCUT2D eigenvalue weighted by atomic mass is 10.3. The molecular weight excluding hydrogens is 467 g/mol. The highest BCUT2D eigenvalue weighted by atomic mass is 16.5. The maximum absolute atomic E-state index is 7.17. The minimum Gasteiger partial charge on any atom is -0.412 e. The highest BCUT2D eigenvalue weighted by Gasteiger charge is 1.93. The Bertz CT molecular complexity index is 88.0. The minimum absolute atomic E-state index is 0. The van der Waals surface area contributed by atoms with Gasteiger partial charge in [0.05, 0.1) is 0 Å². The molecule has 0 saturated carbocycles. The zero-order chi connectivity index (χ0) is 14.3. The zero-order valence-corrected chi connectivity index (χ0v) is 18.2. The highest BCUT2D eigenvalue weighted by molar-refractivity contribution is 6.31. The molecule has 0 bridgehead atoms. The van der Waals surface area contributed by atoms with Gasteiger partial charge in [0.25, 0.3) is 0 Å². The first-order chi connectivity index (χ1) is 6.93. The third-order valence-electron chi connectivity index (χ3n) is 0.